The fourth-order valence-electron chi connectivity index (χ4n) is 3.45. The minimum atomic E-state index is -3.72. The van der Waals surface area contributed by atoms with Gasteiger partial charge >= 0.3 is 0 Å². The molecular weight excluding hydrogens is 464 g/mol. The summed E-state index contributed by atoms with van der Waals surface area (Å²) < 4.78 is 28.6. The standard InChI is InChI=1S/C26H24N4O4S/c1-18-4-14-23(15-5-18)35(33,34)30(3)22-12-8-20(9-13-22)26(32)28-21-10-6-19(7-11-21)24(31)25-27-16-17-29(25)2/h4-17H,1-3H3,(H,28,32). The summed E-state index contributed by atoms with van der Waals surface area (Å²) >= 11 is 0. The van der Waals surface area contributed by atoms with Gasteiger partial charge < -0.3 is 9.88 Å². The molecule has 0 aliphatic carbocycles. The number of hydrogen-bond donors (Lipinski definition) is 1. The van der Waals surface area contributed by atoms with Crippen LogP contribution in [0.25, 0.3) is 0 Å². The van der Waals surface area contributed by atoms with Crippen LogP contribution >= 0.6 is 0 Å². The van der Waals surface area contributed by atoms with Crippen molar-refractivity contribution in [3.8, 4) is 0 Å². The Bertz CT molecular complexity index is 1470. The SMILES string of the molecule is Cc1ccc(S(=O)(=O)N(C)c2ccc(C(=O)Nc3ccc(C(=O)c4nccn4C)cc3)cc2)cc1. The molecule has 0 bridgehead atoms. The number of benzene rings is 3. The van der Waals surface area contributed by atoms with Gasteiger partial charge in [-0.1, -0.05) is 17.7 Å². The second-order valence-electron chi connectivity index (χ2n) is 8.05. The molecule has 0 saturated carbocycles. The number of amides is 1. The molecule has 0 fully saturated rings. The van der Waals surface area contributed by atoms with Crippen molar-refractivity contribution < 1.29 is 18.0 Å². The Morgan fingerprint density at radius 3 is 2.06 bits per heavy atom. The highest BCUT2D eigenvalue weighted by Crippen LogP contribution is 2.23. The quantitative estimate of drug-likeness (QED) is 0.396. The minimum Gasteiger partial charge on any atom is -0.331 e. The zero-order valence-corrected chi connectivity index (χ0v) is 20.3. The van der Waals surface area contributed by atoms with Crippen LogP contribution in [0.15, 0.2) is 90.1 Å². The van der Waals surface area contributed by atoms with Gasteiger partial charge in [-0.05, 0) is 67.6 Å². The number of aromatic nitrogens is 2. The molecule has 3 aromatic carbocycles. The summed E-state index contributed by atoms with van der Waals surface area (Å²) in [6.07, 6.45) is 3.26. The van der Waals surface area contributed by atoms with Gasteiger partial charge in [0.15, 0.2) is 5.82 Å². The molecule has 178 valence electrons. The Morgan fingerprint density at radius 2 is 1.49 bits per heavy atom. The van der Waals surface area contributed by atoms with Gasteiger partial charge in [-0.2, -0.15) is 0 Å². The molecule has 0 aliphatic heterocycles. The first-order chi connectivity index (χ1) is 16.7. The van der Waals surface area contributed by atoms with E-state index in [0.717, 1.165) is 5.56 Å². The normalized spacial score (nSPS) is 11.2. The van der Waals surface area contributed by atoms with Gasteiger partial charge in [0, 0.05) is 43.3 Å². The highest BCUT2D eigenvalue weighted by Gasteiger charge is 2.21. The Morgan fingerprint density at radius 1 is 0.886 bits per heavy atom. The van der Waals surface area contributed by atoms with E-state index in [4.69, 9.17) is 0 Å². The van der Waals surface area contributed by atoms with E-state index in [2.05, 4.69) is 10.3 Å². The van der Waals surface area contributed by atoms with Gasteiger partial charge in [-0.3, -0.25) is 13.9 Å². The molecule has 0 saturated heterocycles. The van der Waals surface area contributed by atoms with Gasteiger partial charge in [0.1, 0.15) is 0 Å². The first kappa shape index (κ1) is 23.9. The van der Waals surface area contributed by atoms with E-state index in [0.29, 0.717) is 28.3 Å². The molecule has 0 aliphatic rings. The Balaban J connectivity index is 1.44. The molecule has 9 heteroatoms. The van der Waals surface area contributed by atoms with Crippen molar-refractivity contribution in [3.05, 3.63) is 108 Å². The Kier molecular flexibility index (Phi) is 6.52. The summed E-state index contributed by atoms with van der Waals surface area (Å²) in [6.45, 7) is 1.89. The first-order valence-electron chi connectivity index (χ1n) is 10.8. The molecule has 0 radical (unpaired) electrons. The largest absolute Gasteiger partial charge is 0.331 e. The number of aryl methyl sites for hydroxylation is 2. The molecule has 1 amide bonds. The van der Waals surface area contributed by atoms with Crippen LogP contribution in [-0.4, -0.2) is 36.7 Å². The smallest absolute Gasteiger partial charge is 0.264 e. The van der Waals surface area contributed by atoms with E-state index >= 15 is 0 Å². The molecular formula is C26H24N4O4S. The van der Waals surface area contributed by atoms with Crippen molar-refractivity contribution >= 4 is 33.1 Å². The highest BCUT2D eigenvalue weighted by atomic mass is 32.2. The van der Waals surface area contributed by atoms with Crippen molar-refractivity contribution in [2.75, 3.05) is 16.7 Å². The van der Waals surface area contributed by atoms with E-state index in [1.807, 2.05) is 6.92 Å². The first-order valence-corrected chi connectivity index (χ1v) is 12.2. The predicted molar refractivity (Wildman–Crippen MR) is 134 cm³/mol. The Hall–Kier alpha value is -4.24. The lowest BCUT2D eigenvalue weighted by molar-refractivity contribution is 0.102. The molecule has 35 heavy (non-hydrogen) atoms. The minimum absolute atomic E-state index is 0.192. The van der Waals surface area contributed by atoms with E-state index < -0.39 is 10.0 Å². The van der Waals surface area contributed by atoms with Gasteiger partial charge in [-0.25, -0.2) is 13.4 Å². The van der Waals surface area contributed by atoms with E-state index in [9.17, 15) is 18.0 Å². The van der Waals surface area contributed by atoms with Crippen molar-refractivity contribution in [1.29, 1.82) is 0 Å². The zero-order valence-electron chi connectivity index (χ0n) is 19.5. The molecule has 0 unspecified atom stereocenters. The molecule has 0 spiro atoms. The summed E-state index contributed by atoms with van der Waals surface area (Å²) in [6, 6.07) is 19.4. The maximum absolute atomic E-state index is 12.9. The van der Waals surface area contributed by atoms with Crippen LogP contribution in [0.3, 0.4) is 0 Å². The number of carbonyl (C=O) groups is 2. The number of rotatable bonds is 7. The highest BCUT2D eigenvalue weighted by molar-refractivity contribution is 7.92. The van der Waals surface area contributed by atoms with Crippen LogP contribution < -0.4 is 9.62 Å². The second kappa shape index (κ2) is 9.55. The molecule has 1 N–H and O–H groups in total. The summed E-state index contributed by atoms with van der Waals surface area (Å²) in [4.78, 5) is 29.5. The van der Waals surface area contributed by atoms with Gasteiger partial charge in [0.25, 0.3) is 15.9 Å². The van der Waals surface area contributed by atoms with Crippen molar-refractivity contribution in [2.24, 2.45) is 7.05 Å². The van der Waals surface area contributed by atoms with E-state index in [1.54, 1.807) is 96.8 Å². The van der Waals surface area contributed by atoms with Gasteiger partial charge in [-0.15, -0.1) is 0 Å². The topological polar surface area (TPSA) is 101 Å². The molecule has 4 aromatic rings. The maximum atomic E-state index is 12.9. The van der Waals surface area contributed by atoms with Crippen LogP contribution in [0.2, 0.25) is 0 Å². The fraction of sp³-hybridized carbons (Fsp3) is 0.115. The third-order valence-electron chi connectivity index (χ3n) is 5.60. The number of anilines is 2. The number of sulfonamides is 1. The number of nitrogens with one attached hydrogen (secondary N) is 1. The lowest BCUT2D eigenvalue weighted by Gasteiger charge is -2.20. The van der Waals surface area contributed by atoms with Crippen LogP contribution in [0.4, 0.5) is 11.4 Å². The average molecular weight is 489 g/mol. The maximum Gasteiger partial charge on any atom is 0.264 e. The summed E-state index contributed by atoms with van der Waals surface area (Å²) in [5, 5.41) is 2.78. The summed E-state index contributed by atoms with van der Waals surface area (Å²) in [5.74, 6) is -0.240. The number of hydrogen-bond acceptors (Lipinski definition) is 5. The third-order valence-corrected chi connectivity index (χ3v) is 7.40. The van der Waals surface area contributed by atoms with Gasteiger partial charge in [0.05, 0.1) is 10.6 Å². The number of ketones is 1. The van der Waals surface area contributed by atoms with Crippen LogP contribution in [0, 0.1) is 6.92 Å². The lowest BCUT2D eigenvalue weighted by atomic mass is 10.1. The second-order valence-corrected chi connectivity index (χ2v) is 10.0. The predicted octanol–water partition coefficient (Wildman–Crippen LogP) is 4.04. The van der Waals surface area contributed by atoms with Crippen molar-refractivity contribution in [3.63, 3.8) is 0 Å². The fourth-order valence-corrected chi connectivity index (χ4v) is 4.65. The van der Waals surface area contributed by atoms with Gasteiger partial charge in [0.2, 0.25) is 5.78 Å². The zero-order chi connectivity index (χ0) is 25.2. The summed E-state index contributed by atoms with van der Waals surface area (Å²) in [7, 11) is -0.505. The van der Waals surface area contributed by atoms with Crippen LogP contribution in [0.5, 0.6) is 0 Å². The van der Waals surface area contributed by atoms with E-state index in [1.165, 1.54) is 11.4 Å². The van der Waals surface area contributed by atoms with Crippen molar-refractivity contribution in [1.82, 2.24) is 9.55 Å². The number of imidazole rings is 1. The van der Waals surface area contributed by atoms with E-state index in [-0.39, 0.29) is 16.6 Å². The third kappa shape index (κ3) is 4.99. The van der Waals surface area contributed by atoms with Crippen LogP contribution in [-0.2, 0) is 17.1 Å². The Labute approximate surface area is 203 Å². The molecule has 4 rings (SSSR count). The average Bonchev–Trinajstić information content (AvgIpc) is 3.29. The monoisotopic (exact) mass is 488 g/mol. The molecule has 8 nitrogen and oxygen atoms in total. The summed E-state index contributed by atoms with van der Waals surface area (Å²) in [5.41, 5.74) is 2.74. The lowest BCUT2D eigenvalue weighted by Crippen LogP contribution is -2.26. The number of nitrogens with zero attached hydrogens (tertiary/aromatic N) is 3. The molecule has 0 atom stereocenters. The van der Waals surface area contributed by atoms with Crippen molar-refractivity contribution in [2.45, 2.75) is 11.8 Å². The molecule has 1 heterocycles. The number of carbonyl (C=O) groups excluding carboxylic acids is 2. The molecule has 1 aromatic heterocycles. The van der Waals surface area contributed by atoms with Crippen LogP contribution in [0.1, 0.15) is 32.1 Å².